The predicted molar refractivity (Wildman–Crippen MR) is 208 cm³/mol. The fourth-order valence-corrected chi connectivity index (χ4v) is 7.91. The Morgan fingerprint density at radius 1 is 0.380 bits per heavy atom. The van der Waals surface area contributed by atoms with Gasteiger partial charge in [0.25, 0.3) is 0 Å². The number of benzene rings is 8. The van der Waals surface area contributed by atoms with Gasteiger partial charge in [0.2, 0.25) is 0 Å². The molecule has 11 rings (SSSR count). The highest BCUT2D eigenvalue weighted by molar-refractivity contribution is 6.17. The zero-order valence-corrected chi connectivity index (χ0v) is 26.9. The fourth-order valence-electron chi connectivity index (χ4n) is 7.91. The van der Waals surface area contributed by atoms with Gasteiger partial charge in [0, 0.05) is 44.0 Å². The number of furan rings is 2. The van der Waals surface area contributed by atoms with Crippen molar-refractivity contribution in [2.45, 2.75) is 0 Å². The maximum absolute atomic E-state index is 6.58. The van der Waals surface area contributed by atoms with Crippen LogP contribution in [0.1, 0.15) is 0 Å². The van der Waals surface area contributed by atoms with E-state index in [1.165, 1.54) is 21.7 Å². The molecule has 11 aromatic rings. The first-order valence-electron chi connectivity index (χ1n) is 16.9. The molecule has 0 unspecified atom stereocenters. The van der Waals surface area contributed by atoms with E-state index < -0.39 is 0 Å². The Hall–Kier alpha value is -6.78. The zero-order chi connectivity index (χ0) is 32.8. The standard InChI is InChI=1S/C46H28N2O2/c1-2-13-31(14-3-1)48-39-17-8-6-15-34(39)35-23-21-33(28-41(35)48)47(32-22-24-43-37(27-32)36-16-7-9-19-42(36)49-43)40-18-10-20-44-46(40)38-25-29-11-4-5-12-30(29)26-45(38)50-44/h1-28H. The topological polar surface area (TPSA) is 34.5 Å². The molecule has 0 spiro atoms. The first-order chi connectivity index (χ1) is 24.8. The van der Waals surface area contributed by atoms with Gasteiger partial charge >= 0.3 is 0 Å². The summed E-state index contributed by atoms with van der Waals surface area (Å²) in [7, 11) is 0. The third-order valence-electron chi connectivity index (χ3n) is 10.1. The monoisotopic (exact) mass is 640 g/mol. The van der Waals surface area contributed by atoms with E-state index in [4.69, 9.17) is 8.83 Å². The number of fused-ring (bicyclic) bond motifs is 10. The van der Waals surface area contributed by atoms with E-state index in [-0.39, 0.29) is 0 Å². The molecule has 3 heterocycles. The highest BCUT2D eigenvalue weighted by Crippen LogP contribution is 2.46. The van der Waals surface area contributed by atoms with Crippen molar-refractivity contribution in [3.05, 3.63) is 170 Å². The minimum Gasteiger partial charge on any atom is -0.456 e. The van der Waals surface area contributed by atoms with Crippen LogP contribution in [0, 0.1) is 0 Å². The Balaban J connectivity index is 1.24. The highest BCUT2D eigenvalue weighted by Gasteiger charge is 2.22. The molecule has 0 aliphatic carbocycles. The van der Waals surface area contributed by atoms with Gasteiger partial charge in [-0.3, -0.25) is 0 Å². The van der Waals surface area contributed by atoms with Gasteiger partial charge in [-0.25, -0.2) is 0 Å². The van der Waals surface area contributed by atoms with Crippen LogP contribution in [-0.2, 0) is 0 Å². The molecule has 50 heavy (non-hydrogen) atoms. The summed E-state index contributed by atoms with van der Waals surface area (Å²) >= 11 is 0. The molecule has 0 fully saturated rings. The van der Waals surface area contributed by atoms with Gasteiger partial charge in [0.1, 0.15) is 22.3 Å². The second-order valence-electron chi connectivity index (χ2n) is 13.0. The van der Waals surface area contributed by atoms with Crippen LogP contribution < -0.4 is 4.90 Å². The molecule has 0 atom stereocenters. The normalized spacial score (nSPS) is 12.0. The molecule has 234 valence electrons. The van der Waals surface area contributed by atoms with E-state index in [2.05, 4.69) is 167 Å². The maximum Gasteiger partial charge on any atom is 0.137 e. The van der Waals surface area contributed by atoms with Crippen LogP contribution in [0.25, 0.3) is 82.1 Å². The first kappa shape index (κ1) is 27.2. The summed E-state index contributed by atoms with van der Waals surface area (Å²) < 4.78 is 15.2. The van der Waals surface area contributed by atoms with Crippen molar-refractivity contribution < 1.29 is 8.83 Å². The molecule has 0 bridgehead atoms. The molecule has 3 aromatic heterocycles. The number of aromatic nitrogens is 1. The molecule has 4 nitrogen and oxygen atoms in total. The summed E-state index contributed by atoms with van der Waals surface area (Å²) in [4.78, 5) is 2.38. The Morgan fingerprint density at radius 2 is 1.04 bits per heavy atom. The molecular weight excluding hydrogens is 613 g/mol. The van der Waals surface area contributed by atoms with Crippen molar-refractivity contribution in [3.8, 4) is 5.69 Å². The molecule has 0 saturated heterocycles. The molecule has 0 amide bonds. The fraction of sp³-hybridized carbons (Fsp3) is 0. The first-order valence-corrected chi connectivity index (χ1v) is 16.9. The summed E-state index contributed by atoms with van der Waals surface area (Å²) in [6.45, 7) is 0. The third-order valence-corrected chi connectivity index (χ3v) is 10.1. The lowest BCUT2D eigenvalue weighted by Gasteiger charge is -2.26. The molecule has 0 saturated carbocycles. The number of nitrogens with zero attached hydrogens (tertiary/aromatic N) is 2. The van der Waals surface area contributed by atoms with Gasteiger partial charge in [0.05, 0.1) is 22.1 Å². The maximum atomic E-state index is 6.58. The molecule has 0 radical (unpaired) electrons. The van der Waals surface area contributed by atoms with E-state index in [0.717, 1.165) is 77.5 Å². The average molecular weight is 641 g/mol. The summed E-state index contributed by atoms with van der Waals surface area (Å²) in [6.07, 6.45) is 0. The van der Waals surface area contributed by atoms with Crippen molar-refractivity contribution >= 4 is 93.5 Å². The largest absolute Gasteiger partial charge is 0.456 e. The van der Waals surface area contributed by atoms with E-state index >= 15 is 0 Å². The van der Waals surface area contributed by atoms with Gasteiger partial charge in [0.15, 0.2) is 0 Å². The van der Waals surface area contributed by atoms with Crippen LogP contribution >= 0.6 is 0 Å². The lowest BCUT2D eigenvalue weighted by atomic mass is 10.0. The van der Waals surface area contributed by atoms with Crippen LogP contribution in [0.5, 0.6) is 0 Å². The van der Waals surface area contributed by atoms with Gasteiger partial charge in [-0.05, 0) is 89.6 Å². The van der Waals surface area contributed by atoms with E-state index in [1.54, 1.807) is 0 Å². The van der Waals surface area contributed by atoms with Crippen LogP contribution in [0.3, 0.4) is 0 Å². The van der Waals surface area contributed by atoms with Crippen LogP contribution in [-0.4, -0.2) is 4.57 Å². The van der Waals surface area contributed by atoms with Gasteiger partial charge in [-0.1, -0.05) is 91.0 Å². The Labute approximate surface area is 286 Å². The number of anilines is 3. The van der Waals surface area contributed by atoms with Crippen molar-refractivity contribution in [2.24, 2.45) is 0 Å². The molecule has 4 heteroatoms. The van der Waals surface area contributed by atoms with Gasteiger partial charge in [-0.15, -0.1) is 0 Å². The quantitative estimate of drug-likeness (QED) is 0.192. The Morgan fingerprint density at radius 3 is 1.94 bits per heavy atom. The molecule has 8 aromatic carbocycles. The molecule has 0 aliphatic rings. The lowest BCUT2D eigenvalue weighted by molar-refractivity contribution is 0.668. The van der Waals surface area contributed by atoms with Crippen molar-refractivity contribution in [1.29, 1.82) is 0 Å². The van der Waals surface area contributed by atoms with Crippen LogP contribution in [0.4, 0.5) is 17.1 Å². The number of hydrogen-bond acceptors (Lipinski definition) is 3. The molecular formula is C46H28N2O2. The zero-order valence-electron chi connectivity index (χ0n) is 26.9. The summed E-state index contributed by atoms with van der Waals surface area (Å²) in [6, 6.07) is 60.2. The summed E-state index contributed by atoms with van der Waals surface area (Å²) in [5, 5.41) is 9.13. The van der Waals surface area contributed by atoms with E-state index in [9.17, 15) is 0 Å². The smallest absolute Gasteiger partial charge is 0.137 e. The molecule has 0 aliphatic heterocycles. The second kappa shape index (κ2) is 10.4. The van der Waals surface area contributed by atoms with Gasteiger partial charge < -0.3 is 18.3 Å². The lowest BCUT2D eigenvalue weighted by Crippen LogP contribution is -2.10. The van der Waals surface area contributed by atoms with E-state index in [0.29, 0.717) is 0 Å². The van der Waals surface area contributed by atoms with Crippen molar-refractivity contribution in [3.63, 3.8) is 0 Å². The highest BCUT2D eigenvalue weighted by atomic mass is 16.3. The summed E-state index contributed by atoms with van der Waals surface area (Å²) in [5.41, 5.74) is 10.1. The SMILES string of the molecule is c1ccc(-n2c3ccccc3c3ccc(N(c4ccc5oc6ccccc6c5c4)c4cccc5oc6cc7ccccc7cc6c45)cc32)cc1. The Kier molecular flexibility index (Phi) is 5.63. The van der Waals surface area contributed by atoms with E-state index in [1.807, 2.05) is 12.1 Å². The van der Waals surface area contributed by atoms with Crippen molar-refractivity contribution in [2.75, 3.05) is 4.90 Å². The molecule has 0 N–H and O–H groups in total. The third kappa shape index (κ3) is 3.93. The second-order valence-corrected chi connectivity index (χ2v) is 13.0. The minimum atomic E-state index is 0.854. The average Bonchev–Trinajstić information content (AvgIpc) is 3.83. The number of para-hydroxylation sites is 3. The summed E-state index contributed by atoms with van der Waals surface area (Å²) in [5.74, 6) is 0. The van der Waals surface area contributed by atoms with Gasteiger partial charge in [-0.2, -0.15) is 0 Å². The van der Waals surface area contributed by atoms with Crippen molar-refractivity contribution in [1.82, 2.24) is 4.57 Å². The van der Waals surface area contributed by atoms with Crippen LogP contribution in [0.2, 0.25) is 0 Å². The predicted octanol–water partition coefficient (Wildman–Crippen LogP) is 13.2. The number of hydrogen-bond donors (Lipinski definition) is 0. The number of rotatable bonds is 4. The van der Waals surface area contributed by atoms with Crippen LogP contribution in [0.15, 0.2) is 179 Å². The Bertz CT molecular complexity index is 3110. The minimum absolute atomic E-state index is 0.854.